The molecule has 2 rings (SSSR count). The lowest BCUT2D eigenvalue weighted by atomic mass is 10.2. The van der Waals surface area contributed by atoms with E-state index in [1.165, 1.54) is 18.2 Å². The van der Waals surface area contributed by atoms with Gasteiger partial charge in [0.15, 0.2) is 0 Å². The van der Waals surface area contributed by atoms with Crippen LogP contribution < -0.4 is 15.4 Å². The van der Waals surface area contributed by atoms with Gasteiger partial charge >= 0.3 is 6.09 Å². The Labute approximate surface area is 127 Å². The topological polar surface area (TPSA) is 67.4 Å². The number of halogens is 1. The third kappa shape index (κ3) is 4.59. The maximum absolute atomic E-state index is 13.4. The lowest BCUT2D eigenvalue weighted by Gasteiger charge is -2.08. The van der Waals surface area contributed by atoms with E-state index in [9.17, 15) is 14.0 Å². The Kier molecular flexibility index (Phi) is 5.48. The summed E-state index contributed by atoms with van der Waals surface area (Å²) in [6, 6.07) is 14.3. The molecule has 0 aliphatic carbocycles. The molecule has 2 aromatic carbocycles. The highest BCUT2D eigenvalue weighted by atomic mass is 19.1. The zero-order valence-electron chi connectivity index (χ0n) is 11.7. The highest BCUT2D eigenvalue weighted by molar-refractivity contribution is 5.94. The van der Waals surface area contributed by atoms with Crippen LogP contribution in [-0.2, 0) is 0 Å². The molecular formula is C16H15FN2O3. The lowest BCUT2D eigenvalue weighted by molar-refractivity contribution is 0.0949. The molecule has 0 saturated carbocycles. The van der Waals surface area contributed by atoms with Crippen molar-refractivity contribution >= 4 is 12.0 Å². The molecule has 0 spiro atoms. The van der Waals surface area contributed by atoms with Gasteiger partial charge < -0.3 is 15.4 Å². The molecule has 114 valence electrons. The molecule has 2 N–H and O–H groups in total. The Balaban J connectivity index is 1.70. The summed E-state index contributed by atoms with van der Waals surface area (Å²) in [6.45, 7) is 0.336. The van der Waals surface area contributed by atoms with E-state index in [0.29, 0.717) is 5.75 Å². The first-order chi connectivity index (χ1) is 10.7. The average Bonchev–Trinajstić information content (AvgIpc) is 2.53. The zero-order valence-corrected chi connectivity index (χ0v) is 11.7. The number of nitrogens with one attached hydrogen (secondary N) is 2. The van der Waals surface area contributed by atoms with E-state index >= 15 is 0 Å². The van der Waals surface area contributed by atoms with Crippen molar-refractivity contribution in [1.82, 2.24) is 10.6 Å². The highest BCUT2D eigenvalue weighted by Gasteiger charge is 2.10. The van der Waals surface area contributed by atoms with Crippen molar-refractivity contribution in [3.63, 3.8) is 0 Å². The fourth-order valence-electron chi connectivity index (χ4n) is 1.71. The zero-order chi connectivity index (χ0) is 15.8. The molecule has 0 aromatic heterocycles. The molecule has 0 bridgehead atoms. The molecule has 0 heterocycles. The number of ether oxygens (including phenoxy) is 1. The van der Waals surface area contributed by atoms with Gasteiger partial charge in [-0.25, -0.2) is 9.18 Å². The summed E-state index contributed by atoms with van der Waals surface area (Å²) in [6.07, 6.45) is -0.619. The monoisotopic (exact) mass is 302 g/mol. The molecule has 0 saturated heterocycles. The van der Waals surface area contributed by atoms with Gasteiger partial charge in [0.25, 0.3) is 5.91 Å². The molecule has 6 heteroatoms. The Bertz CT molecular complexity index is 647. The van der Waals surface area contributed by atoms with Crippen molar-refractivity contribution in [3.05, 3.63) is 66.0 Å². The van der Waals surface area contributed by atoms with Crippen LogP contribution in [0.4, 0.5) is 9.18 Å². The Morgan fingerprint density at radius 1 is 0.909 bits per heavy atom. The van der Waals surface area contributed by atoms with Crippen LogP contribution in [0, 0.1) is 5.82 Å². The number of para-hydroxylation sites is 1. The van der Waals surface area contributed by atoms with Gasteiger partial charge in [-0.3, -0.25) is 4.79 Å². The van der Waals surface area contributed by atoms with Gasteiger partial charge in [0.2, 0.25) is 0 Å². The maximum Gasteiger partial charge on any atom is 0.412 e. The summed E-state index contributed by atoms with van der Waals surface area (Å²) >= 11 is 0. The van der Waals surface area contributed by atoms with Crippen molar-refractivity contribution in [1.29, 1.82) is 0 Å². The van der Waals surface area contributed by atoms with Crippen LogP contribution in [0.5, 0.6) is 5.75 Å². The maximum atomic E-state index is 13.4. The first-order valence-electron chi connectivity index (χ1n) is 6.70. The molecule has 0 fully saturated rings. The minimum absolute atomic E-state index is 0.0330. The van der Waals surface area contributed by atoms with Gasteiger partial charge in [-0.1, -0.05) is 30.3 Å². The van der Waals surface area contributed by atoms with Crippen LogP contribution in [0.25, 0.3) is 0 Å². The summed E-state index contributed by atoms with van der Waals surface area (Å²) in [5.74, 6) is -0.692. The molecule has 0 unspecified atom stereocenters. The number of hydrogen-bond donors (Lipinski definition) is 2. The molecule has 0 aliphatic rings. The summed E-state index contributed by atoms with van der Waals surface area (Å²) in [7, 11) is 0. The molecule has 0 atom stereocenters. The minimum Gasteiger partial charge on any atom is -0.410 e. The van der Waals surface area contributed by atoms with Crippen molar-refractivity contribution in [3.8, 4) is 5.75 Å². The number of carbonyl (C=O) groups excluding carboxylic acids is 2. The fraction of sp³-hybridized carbons (Fsp3) is 0.125. The lowest BCUT2D eigenvalue weighted by Crippen LogP contribution is -2.36. The number of hydrogen-bond acceptors (Lipinski definition) is 3. The second kappa shape index (κ2) is 7.78. The van der Waals surface area contributed by atoms with E-state index in [-0.39, 0.29) is 18.7 Å². The van der Waals surface area contributed by atoms with Crippen LogP contribution in [0.1, 0.15) is 10.4 Å². The van der Waals surface area contributed by atoms with Crippen LogP contribution in [-0.4, -0.2) is 25.1 Å². The fourth-order valence-corrected chi connectivity index (χ4v) is 1.71. The predicted molar refractivity (Wildman–Crippen MR) is 79.2 cm³/mol. The molecule has 0 radical (unpaired) electrons. The molecule has 2 aromatic rings. The smallest absolute Gasteiger partial charge is 0.410 e. The Morgan fingerprint density at radius 3 is 2.27 bits per heavy atom. The van der Waals surface area contributed by atoms with Crippen LogP contribution >= 0.6 is 0 Å². The quantitative estimate of drug-likeness (QED) is 0.833. The van der Waals surface area contributed by atoms with E-state index in [1.807, 2.05) is 6.07 Å². The highest BCUT2D eigenvalue weighted by Crippen LogP contribution is 2.08. The van der Waals surface area contributed by atoms with Gasteiger partial charge in [0.1, 0.15) is 11.6 Å². The first-order valence-corrected chi connectivity index (χ1v) is 6.70. The van der Waals surface area contributed by atoms with Crippen LogP contribution in [0.2, 0.25) is 0 Å². The standard InChI is InChI=1S/C16H15FN2O3/c17-14-9-5-4-8-13(14)15(20)18-10-11-19-16(21)22-12-6-2-1-3-7-12/h1-9H,10-11H2,(H,18,20)(H,19,21). The average molecular weight is 302 g/mol. The van der Waals surface area contributed by atoms with Crippen LogP contribution in [0.15, 0.2) is 54.6 Å². The summed E-state index contributed by atoms with van der Waals surface area (Å²) < 4.78 is 18.4. The van der Waals surface area contributed by atoms with E-state index in [4.69, 9.17) is 4.74 Å². The van der Waals surface area contributed by atoms with Gasteiger partial charge in [0.05, 0.1) is 5.56 Å². The predicted octanol–water partition coefficient (Wildman–Crippen LogP) is 2.34. The largest absolute Gasteiger partial charge is 0.412 e. The van der Waals surface area contributed by atoms with Crippen molar-refractivity contribution in [2.24, 2.45) is 0 Å². The SMILES string of the molecule is O=C(NCCNC(=O)c1ccccc1F)Oc1ccccc1. The Hall–Kier alpha value is -2.89. The van der Waals surface area contributed by atoms with Crippen molar-refractivity contribution in [2.45, 2.75) is 0 Å². The molecule has 22 heavy (non-hydrogen) atoms. The van der Waals surface area contributed by atoms with Gasteiger partial charge in [0, 0.05) is 13.1 Å². The molecular weight excluding hydrogens is 287 g/mol. The van der Waals surface area contributed by atoms with Gasteiger partial charge in [-0.15, -0.1) is 0 Å². The second-order valence-corrected chi connectivity index (χ2v) is 4.37. The van der Waals surface area contributed by atoms with E-state index in [1.54, 1.807) is 30.3 Å². The van der Waals surface area contributed by atoms with E-state index in [0.717, 1.165) is 0 Å². The number of carbonyl (C=O) groups is 2. The van der Waals surface area contributed by atoms with Crippen molar-refractivity contribution in [2.75, 3.05) is 13.1 Å². The summed E-state index contributed by atoms with van der Waals surface area (Å²) in [4.78, 5) is 23.2. The third-order valence-corrected chi connectivity index (χ3v) is 2.75. The van der Waals surface area contributed by atoms with Gasteiger partial charge in [-0.05, 0) is 24.3 Å². The minimum atomic E-state index is -0.619. The molecule has 2 amide bonds. The first kappa shape index (κ1) is 15.5. The van der Waals surface area contributed by atoms with E-state index in [2.05, 4.69) is 10.6 Å². The summed E-state index contributed by atoms with van der Waals surface area (Å²) in [5, 5.41) is 4.99. The molecule has 0 aliphatic heterocycles. The van der Waals surface area contributed by atoms with E-state index < -0.39 is 17.8 Å². The summed E-state index contributed by atoms with van der Waals surface area (Å²) in [5.41, 5.74) is -0.0330. The number of benzene rings is 2. The van der Waals surface area contributed by atoms with Crippen molar-refractivity contribution < 1.29 is 18.7 Å². The molecule has 5 nitrogen and oxygen atoms in total. The van der Waals surface area contributed by atoms with Gasteiger partial charge in [-0.2, -0.15) is 0 Å². The number of rotatable bonds is 5. The third-order valence-electron chi connectivity index (χ3n) is 2.75. The second-order valence-electron chi connectivity index (χ2n) is 4.37. The number of amides is 2. The normalized spacial score (nSPS) is 9.86. The Morgan fingerprint density at radius 2 is 1.55 bits per heavy atom. The van der Waals surface area contributed by atoms with Crippen LogP contribution in [0.3, 0.4) is 0 Å².